The van der Waals surface area contributed by atoms with E-state index in [2.05, 4.69) is 0 Å². The van der Waals surface area contributed by atoms with E-state index in [1.807, 2.05) is 4.90 Å². The van der Waals surface area contributed by atoms with Crippen molar-refractivity contribution in [2.45, 2.75) is 37.5 Å². The minimum absolute atomic E-state index is 0.0256. The lowest BCUT2D eigenvalue weighted by molar-refractivity contribution is -0.116. The van der Waals surface area contributed by atoms with Crippen LogP contribution in [0.5, 0.6) is 0 Å². The first kappa shape index (κ1) is 20.2. The molecule has 0 radical (unpaired) electrons. The van der Waals surface area contributed by atoms with Gasteiger partial charge in [-0.05, 0) is 49.4 Å². The van der Waals surface area contributed by atoms with Crippen LogP contribution in [0, 0.1) is 0 Å². The Labute approximate surface area is 172 Å². The molecule has 0 atom stereocenters. The average molecular weight is 421 g/mol. The molecule has 4 rings (SSSR count). The number of sulfonamides is 1. The molecule has 3 aliphatic heterocycles. The molecule has 3 aliphatic rings. The number of benzene rings is 1. The van der Waals surface area contributed by atoms with E-state index in [0.29, 0.717) is 32.7 Å². The van der Waals surface area contributed by atoms with Crippen LogP contribution in [0.15, 0.2) is 23.1 Å². The van der Waals surface area contributed by atoms with Crippen LogP contribution in [-0.4, -0.2) is 80.3 Å². The molecule has 29 heavy (non-hydrogen) atoms. The molecule has 3 amide bonds. The fourth-order valence-corrected chi connectivity index (χ4v) is 5.91. The molecular weight excluding hydrogens is 392 g/mol. The summed E-state index contributed by atoms with van der Waals surface area (Å²) in [5, 5.41) is 0. The molecule has 3 heterocycles. The van der Waals surface area contributed by atoms with Crippen LogP contribution >= 0.6 is 0 Å². The fraction of sp³-hybridized carbons (Fsp3) is 0.600. The van der Waals surface area contributed by atoms with Gasteiger partial charge in [-0.3, -0.25) is 4.79 Å². The minimum atomic E-state index is -3.62. The van der Waals surface area contributed by atoms with Crippen LogP contribution < -0.4 is 4.90 Å². The molecule has 9 heteroatoms. The summed E-state index contributed by atoms with van der Waals surface area (Å²) in [6, 6.07) is 5.08. The van der Waals surface area contributed by atoms with E-state index in [0.717, 1.165) is 50.0 Å². The zero-order valence-corrected chi connectivity index (χ0v) is 17.7. The number of hydrogen-bond acceptors (Lipinski definition) is 4. The smallest absolute Gasteiger partial charge is 0.320 e. The van der Waals surface area contributed by atoms with Gasteiger partial charge in [0.2, 0.25) is 15.9 Å². The highest BCUT2D eigenvalue weighted by Crippen LogP contribution is 2.30. The van der Waals surface area contributed by atoms with Crippen LogP contribution in [0.3, 0.4) is 0 Å². The Morgan fingerprint density at radius 1 is 0.862 bits per heavy atom. The van der Waals surface area contributed by atoms with Gasteiger partial charge in [-0.15, -0.1) is 0 Å². The van der Waals surface area contributed by atoms with Gasteiger partial charge in [-0.25, -0.2) is 13.2 Å². The van der Waals surface area contributed by atoms with Crippen LogP contribution in [-0.2, 0) is 21.2 Å². The first-order chi connectivity index (χ1) is 13.9. The normalized spacial score (nSPS) is 20.7. The Morgan fingerprint density at radius 3 is 2.17 bits per heavy atom. The first-order valence-electron chi connectivity index (χ1n) is 10.3. The highest BCUT2D eigenvalue weighted by molar-refractivity contribution is 7.89. The molecule has 0 unspecified atom stereocenters. The summed E-state index contributed by atoms with van der Waals surface area (Å²) in [5.41, 5.74) is 1.71. The second kappa shape index (κ2) is 7.95. The lowest BCUT2D eigenvalue weighted by Gasteiger charge is -2.36. The fourth-order valence-electron chi connectivity index (χ4n) is 4.44. The van der Waals surface area contributed by atoms with Crippen molar-refractivity contribution in [2.75, 3.05) is 50.7 Å². The maximum absolute atomic E-state index is 13.2. The molecule has 158 valence electrons. The van der Waals surface area contributed by atoms with Crippen LogP contribution in [0.2, 0.25) is 0 Å². The molecule has 1 aromatic rings. The molecule has 0 bridgehead atoms. The monoisotopic (exact) mass is 420 g/mol. The Balaban J connectivity index is 1.47. The third-order valence-corrected chi connectivity index (χ3v) is 7.97. The SMILES string of the molecule is CC(=O)N1CCCc2cc(S(=O)(=O)N3CCN(C(=O)N4CCCC4)CC3)ccc21. The molecule has 0 saturated carbocycles. The van der Waals surface area contributed by atoms with Crippen molar-refractivity contribution in [1.82, 2.24) is 14.1 Å². The number of hydrogen-bond donors (Lipinski definition) is 0. The minimum Gasteiger partial charge on any atom is -0.325 e. The first-order valence-corrected chi connectivity index (χ1v) is 11.8. The standard InChI is InChI=1S/C20H28N4O4S/c1-16(25)24-10-4-5-17-15-18(6-7-19(17)24)29(27,28)23-13-11-22(12-14-23)20(26)21-8-2-3-9-21/h6-7,15H,2-5,8-14H2,1H3. The van der Waals surface area contributed by atoms with E-state index in [1.165, 1.54) is 11.2 Å². The number of urea groups is 1. The van der Waals surface area contributed by atoms with Crippen molar-refractivity contribution in [3.63, 3.8) is 0 Å². The Kier molecular flexibility index (Phi) is 5.52. The highest BCUT2D eigenvalue weighted by Gasteiger charge is 2.33. The highest BCUT2D eigenvalue weighted by atomic mass is 32.2. The van der Waals surface area contributed by atoms with Crippen molar-refractivity contribution in [3.05, 3.63) is 23.8 Å². The van der Waals surface area contributed by atoms with Crippen molar-refractivity contribution >= 4 is 27.6 Å². The number of carbonyl (C=O) groups is 2. The number of likely N-dealkylation sites (tertiary alicyclic amines) is 1. The van der Waals surface area contributed by atoms with Crippen LogP contribution in [0.4, 0.5) is 10.5 Å². The number of piperazine rings is 1. The van der Waals surface area contributed by atoms with Gasteiger partial charge < -0.3 is 14.7 Å². The summed E-state index contributed by atoms with van der Waals surface area (Å²) in [6.07, 6.45) is 3.67. The number of amides is 3. The lowest BCUT2D eigenvalue weighted by Crippen LogP contribution is -2.53. The number of aryl methyl sites for hydroxylation is 1. The zero-order valence-electron chi connectivity index (χ0n) is 16.8. The van der Waals surface area contributed by atoms with E-state index in [4.69, 9.17) is 0 Å². The molecule has 0 aromatic heterocycles. The molecule has 1 aromatic carbocycles. The number of nitrogens with zero attached hydrogens (tertiary/aromatic N) is 4. The summed E-state index contributed by atoms with van der Waals surface area (Å²) in [4.78, 5) is 29.9. The third kappa shape index (κ3) is 3.85. The Hall–Kier alpha value is -2.13. The summed E-state index contributed by atoms with van der Waals surface area (Å²) in [5.74, 6) is -0.0275. The maximum atomic E-state index is 13.2. The second-order valence-electron chi connectivity index (χ2n) is 7.93. The van der Waals surface area contributed by atoms with Crippen molar-refractivity contribution in [1.29, 1.82) is 0 Å². The summed E-state index contributed by atoms with van der Waals surface area (Å²) >= 11 is 0. The van der Waals surface area contributed by atoms with Gasteiger partial charge in [0.05, 0.1) is 4.90 Å². The predicted molar refractivity (Wildman–Crippen MR) is 109 cm³/mol. The van der Waals surface area contributed by atoms with E-state index >= 15 is 0 Å². The van der Waals surface area contributed by atoms with Gasteiger partial charge >= 0.3 is 6.03 Å². The second-order valence-corrected chi connectivity index (χ2v) is 9.87. The van der Waals surface area contributed by atoms with Crippen LogP contribution in [0.1, 0.15) is 31.7 Å². The van der Waals surface area contributed by atoms with Crippen molar-refractivity contribution in [2.24, 2.45) is 0 Å². The number of carbonyl (C=O) groups excluding carboxylic acids is 2. The van der Waals surface area contributed by atoms with E-state index in [1.54, 1.807) is 28.0 Å². The summed E-state index contributed by atoms with van der Waals surface area (Å²) < 4.78 is 27.8. The van der Waals surface area contributed by atoms with E-state index in [-0.39, 0.29) is 16.8 Å². The molecule has 8 nitrogen and oxygen atoms in total. The topological polar surface area (TPSA) is 81.2 Å². The molecule has 2 fully saturated rings. The molecule has 0 spiro atoms. The molecule has 2 saturated heterocycles. The molecular formula is C20H28N4O4S. The van der Waals surface area contributed by atoms with Gasteiger partial charge in [0, 0.05) is 58.4 Å². The Bertz CT molecular complexity index is 903. The molecule has 0 aliphatic carbocycles. The largest absolute Gasteiger partial charge is 0.325 e. The van der Waals surface area contributed by atoms with Gasteiger partial charge in [0.1, 0.15) is 0 Å². The number of fused-ring (bicyclic) bond motifs is 1. The molecule has 0 N–H and O–H groups in total. The number of anilines is 1. The number of rotatable bonds is 2. The van der Waals surface area contributed by atoms with E-state index < -0.39 is 10.0 Å². The predicted octanol–water partition coefficient (Wildman–Crippen LogP) is 1.51. The van der Waals surface area contributed by atoms with Crippen molar-refractivity contribution in [3.8, 4) is 0 Å². The third-order valence-electron chi connectivity index (χ3n) is 6.07. The van der Waals surface area contributed by atoms with Gasteiger partial charge in [-0.2, -0.15) is 4.31 Å². The van der Waals surface area contributed by atoms with Gasteiger partial charge in [0.25, 0.3) is 0 Å². The van der Waals surface area contributed by atoms with Crippen LogP contribution in [0.25, 0.3) is 0 Å². The van der Waals surface area contributed by atoms with Crippen molar-refractivity contribution < 1.29 is 18.0 Å². The maximum Gasteiger partial charge on any atom is 0.320 e. The summed E-state index contributed by atoms with van der Waals surface area (Å²) in [6.45, 7) is 5.23. The lowest BCUT2D eigenvalue weighted by atomic mass is 10.0. The Morgan fingerprint density at radius 2 is 1.52 bits per heavy atom. The van der Waals surface area contributed by atoms with Gasteiger partial charge in [-0.1, -0.05) is 0 Å². The average Bonchev–Trinajstić information content (AvgIpc) is 3.27. The van der Waals surface area contributed by atoms with E-state index in [9.17, 15) is 18.0 Å². The quantitative estimate of drug-likeness (QED) is 0.726. The zero-order chi connectivity index (χ0) is 20.6. The summed E-state index contributed by atoms with van der Waals surface area (Å²) in [7, 11) is -3.62. The van der Waals surface area contributed by atoms with Gasteiger partial charge in [0.15, 0.2) is 0 Å².